The number of rotatable bonds is 4. The zero-order chi connectivity index (χ0) is 20.1. The molecule has 0 radical (unpaired) electrons. The lowest BCUT2D eigenvalue weighted by atomic mass is 10.2. The highest BCUT2D eigenvalue weighted by Crippen LogP contribution is 2.35. The van der Waals surface area contributed by atoms with E-state index in [2.05, 4.69) is 0 Å². The Bertz CT molecular complexity index is 1110. The molecule has 2 heterocycles. The first-order valence-electron chi connectivity index (χ1n) is 7.65. The standard InChI is InChI=1S/C15H12ClF3N4O4/c16-8-3-6(15(17,18)19)4-22(13(8)26)5-9(24)10-11(20)23(7-1-2-7)14(27)21-12(10)25/h3-4,7H,1-2,5,20H2,(H,21,25,27). The summed E-state index contributed by atoms with van der Waals surface area (Å²) in [6, 6.07) is 0.186. The zero-order valence-corrected chi connectivity index (χ0v) is 14.2. The number of ketones is 1. The third kappa shape index (κ3) is 3.54. The molecule has 1 saturated carbocycles. The largest absolute Gasteiger partial charge is 0.417 e. The number of pyridine rings is 1. The molecule has 0 spiro atoms. The molecule has 1 aliphatic carbocycles. The number of carbonyl (C=O) groups is 1. The highest BCUT2D eigenvalue weighted by atomic mass is 35.5. The molecular formula is C15H12ClF3N4O4. The fraction of sp³-hybridized carbons (Fsp3) is 0.333. The second-order valence-electron chi connectivity index (χ2n) is 6.05. The Morgan fingerprint density at radius 1 is 1.30 bits per heavy atom. The van der Waals surface area contributed by atoms with E-state index in [-0.39, 0.29) is 11.9 Å². The van der Waals surface area contributed by atoms with Gasteiger partial charge in [0.1, 0.15) is 16.4 Å². The van der Waals surface area contributed by atoms with Crippen molar-refractivity contribution in [2.24, 2.45) is 0 Å². The SMILES string of the molecule is Nc1c(C(=O)Cn2cc(C(F)(F)F)cc(Cl)c2=O)c(=O)[nH]c(=O)n1C1CC1. The van der Waals surface area contributed by atoms with Gasteiger partial charge in [0.05, 0.1) is 12.1 Å². The molecule has 0 bridgehead atoms. The average Bonchev–Trinajstić information content (AvgIpc) is 3.34. The Morgan fingerprint density at radius 2 is 1.93 bits per heavy atom. The van der Waals surface area contributed by atoms with Crippen molar-refractivity contribution in [1.82, 2.24) is 14.1 Å². The lowest BCUT2D eigenvalue weighted by Gasteiger charge is -2.13. The van der Waals surface area contributed by atoms with E-state index in [1.54, 1.807) is 0 Å². The molecule has 8 nitrogen and oxygen atoms in total. The maximum Gasteiger partial charge on any atom is 0.417 e. The van der Waals surface area contributed by atoms with Crippen molar-refractivity contribution in [3.05, 3.63) is 59.6 Å². The number of aromatic amines is 1. The number of halogens is 4. The van der Waals surface area contributed by atoms with Gasteiger partial charge in [0.25, 0.3) is 11.1 Å². The number of carbonyl (C=O) groups excluding carboxylic acids is 1. The summed E-state index contributed by atoms with van der Waals surface area (Å²) in [6.07, 6.45) is -3.11. The molecule has 0 saturated heterocycles. The van der Waals surface area contributed by atoms with E-state index in [4.69, 9.17) is 17.3 Å². The van der Waals surface area contributed by atoms with E-state index in [0.29, 0.717) is 29.7 Å². The van der Waals surface area contributed by atoms with Gasteiger partial charge in [-0.3, -0.25) is 23.9 Å². The van der Waals surface area contributed by atoms with E-state index >= 15 is 0 Å². The number of H-pyrrole nitrogens is 1. The molecular weight excluding hydrogens is 393 g/mol. The van der Waals surface area contributed by atoms with E-state index in [9.17, 15) is 32.3 Å². The number of anilines is 1. The number of nitrogens with one attached hydrogen (secondary N) is 1. The normalized spacial score (nSPS) is 14.4. The number of hydrogen-bond donors (Lipinski definition) is 2. The molecule has 2 aromatic rings. The molecule has 27 heavy (non-hydrogen) atoms. The fourth-order valence-electron chi connectivity index (χ4n) is 2.64. The van der Waals surface area contributed by atoms with Crippen LogP contribution < -0.4 is 22.5 Å². The Morgan fingerprint density at radius 3 is 2.48 bits per heavy atom. The Labute approximate surface area is 153 Å². The van der Waals surface area contributed by atoms with Crippen molar-refractivity contribution >= 4 is 23.2 Å². The predicted octanol–water partition coefficient (Wildman–Crippen LogP) is 1.17. The van der Waals surface area contributed by atoms with Crippen molar-refractivity contribution in [3.8, 4) is 0 Å². The Hall–Kier alpha value is -2.82. The van der Waals surface area contributed by atoms with E-state index < -0.39 is 51.5 Å². The average molecular weight is 405 g/mol. The minimum absolute atomic E-state index is 0.258. The zero-order valence-electron chi connectivity index (χ0n) is 13.5. The summed E-state index contributed by atoms with van der Waals surface area (Å²) in [7, 11) is 0. The van der Waals surface area contributed by atoms with Gasteiger partial charge < -0.3 is 10.3 Å². The van der Waals surface area contributed by atoms with Crippen LogP contribution in [0.1, 0.15) is 34.8 Å². The van der Waals surface area contributed by atoms with Crippen molar-refractivity contribution in [1.29, 1.82) is 0 Å². The van der Waals surface area contributed by atoms with Crippen molar-refractivity contribution in [3.63, 3.8) is 0 Å². The summed E-state index contributed by atoms with van der Waals surface area (Å²) >= 11 is 5.53. The molecule has 1 fully saturated rings. The van der Waals surface area contributed by atoms with E-state index in [1.807, 2.05) is 4.98 Å². The Balaban J connectivity index is 2.06. The van der Waals surface area contributed by atoms with Crippen LogP contribution in [0.25, 0.3) is 0 Å². The summed E-state index contributed by atoms with van der Waals surface area (Å²) in [4.78, 5) is 50.3. The first kappa shape index (κ1) is 19.0. The second-order valence-corrected chi connectivity index (χ2v) is 6.46. The van der Waals surface area contributed by atoms with Crippen LogP contribution in [0, 0.1) is 0 Å². The second kappa shape index (κ2) is 6.41. The minimum atomic E-state index is -4.79. The van der Waals surface area contributed by atoms with Crippen LogP contribution in [0.3, 0.4) is 0 Å². The highest BCUT2D eigenvalue weighted by Gasteiger charge is 2.33. The third-order valence-electron chi connectivity index (χ3n) is 4.06. The van der Waals surface area contributed by atoms with Gasteiger partial charge in [-0.1, -0.05) is 11.6 Å². The maximum atomic E-state index is 12.9. The number of hydrogen-bond acceptors (Lipinski definition) is 5. The summed E-state index contributed by atoms with van der Waals surface area (Å²) in [6.45, 7) is -0.904. The monoisotopic (exact) mass is 404 g/mol. The molecule has 2 aromatic heterocycles. The van der Waals surface area contributed by atoms with Crippen molar-refractivity contribution in [2.45, 2.75) is 31.6 Å². The van der Waals surface area contributed by atoms with Gasteiger partial charge in [0.2, 0.25) is 0 Å². The van der Waals surface area contributed by atoms with Gasteiger partial charge in [0.15, 0.2) is 5.78 Å². The van der Waals surface area contributed by atoms with Gasteiger partial charge in [-0.15, -0.1) is 0 Å². The molecule has 0 unspecified atom stereocenters. The van der Waals surface area contributed by atoms with Crippen molar-refractivity contribution < 1.29 is 18.0 Å². The van der Waals surface area contributed by atoms with Crippen LogP contribution in [-0.2, 0) is 12.7 Å². The van der Waals surface area contributed by atoms with Gasteiger partial charge in [0, 0.05) is 12.2 Å². The van der Waals surface area contributed by atoms with E-state index in [1.165, 1.54) is 0 Å². The third-order valence-corrected chi connectivity index (χ3v) is 4.33. The first-order chi connectivity index (χ1) is 12.5. The smallest absolute Gasteiger partial charge is 0.384 e. The molecule has 1 aliphatic rings. The summed E-state index contributed by atoms with van der Waals surface area (Å²) in [5.41, 5.74) is 1.05. The molecule has 0 aromatic carbocycles. The van der Waals surface area contributed by atoms with Crippen LogP contribution >= 0.6 is 11.6 Å². The van der Waals surface area contributed by atoms with Gasteiger partial charge >= 0.3 is 11.9 Å². The molecule has 3 N–H and O–H groups in total. The number of alkyl halides is 3. The molecule has 0 aliphatic heterocycles. The lowest BCUT2D eigenvalue weighted by Crippen LogP contribution is -2.37. The Kier molecular flexibility index (Phi) is 4.50. The molecule has 12 heteroatoms. The first-order valence-corrected chi connectivity index (χ1v) is 8.03. The van der Waals surface area contributed by atoms with Crippen LogP contribution in [0.15, 0.2) is 26.6 Å². The number of nitrogen functional groups attached to an aromatic ring is 1. The predicted molar refractivity (Wildman–Crippen MR) is 89.1 cm³/mol. The summed E-state index contributed by atoms with van der Waals surface area (Å²) in [5.74, 6) is -1.41. The number of Topliss-reactive ketones (excluding diaryl/α,β-unsaturated/α-hetero) is 1. The highest BCUT2D eigenvalue weighted by molar-refractivity contribution is 6.30. The van der Waals surface area contributed by atoms with Crippen LogP contribution in [0.2, 0.25) is 5.02 Å². The van der Waals surface area contributed by atoms with E-state index in [0.717, 1.165) is 4.57 Å². The van der Waals surface area contributed by atoms with Gasteiger partial charge in [-0.05, 0) is 18.9 Å². The number of aromatic nitrogens is 3. The van der Waals surface area contributed by atoms with Crippen molar-refractivity contribution in [2.75, 3.05) is 5.73 Å². The van der Waals surface area contributed by atoms with Crippen LogP contribution in [0.4, 0.5) is 19.0 Å². The van der Waals surface area contributed by atoms with Crippen LogP contribution in [-0.4, -0.2) is 19.9 Å². The summed E-state index contributed by atoms with van der Waals surface area (Å²) < 4.78 is 40.2. The lowest BCUT2D eigenvalue weighted by molar-refractivity contribution is -0.138. The topological polar surface area (TPSA) is 120 Å². The molecule has 0 atom stereocenters. The quantitative estimate of drug-likeness (QED) is 0.741. The van der Waals surface area contributed by atoms with Gasteiger partial charge in [-0.25, -0.2) is 4.79 Å². The van der Waals surface area contributed by atoms with Gasteiger partial charge in [-0.2, -0.15) is 13.2 Å². The minimum Gasteiger partial charge on any atom is -0.384 e. The molecule has 0 amide bonds. The molecule has 144 valence electrons. The number of nitrogens with zero attached hydrogens (tertiary/aromatic N) is 2. The fourth-order valence-corrected chi connectivity index (χ4v) is 2.86. The number of nitrogens with two attached hydrogens (primary N) is 1. The maximum absolute atomic E-state index is 12.9. The summed E-state index contributed by atoms with van der Waals surface area (Å²) in [5, 5.41) is -0.734. The van der Waals surface area contributed by atoms with Crippen LogP contribution in [0.5, 0.6) is 0 Å². The molecule has 3 rings (SSSR count).